The first-order chi connectivity index (χ1) is 12.6. The van der Waals surface area contributed by atoms with Crippen molar-refractivity contribution in [1.82, 2.24) is 14.0 Å². The maximum absolute atomic E-state index is 12.7. The molecule has 1 fully saturated rings. The van der Waals surface area contributed by atoms with Gasteiger partial charge < -0.3 is 10.6 Å². The molecule has 0 saturated carbocycles. The van der Waals surface area contributed by atoms with Crippen LogP contribution in [-0.4, -0.2) is 39.1 Å². The lowest BCUT2D eigenvalue weighted by molar-refractivity contribution is -0.135. The Hall–Kier alpha value is -2.38. The normalized spacial score (nSPS) is 16.6. The van der Waals surface area contributed by atoms with Gasteiger partial charge in [0, 0.05) is 31.4 Å². The number of hydrogen-bond donors (Lipinski definition) is 1. The molecule has 8 heteroatoms. The van der Waals surface area contributed by atoms with E-state index in [0.717, 1.165) is 29.4 Å². The number of piperidine rings is 1. The van der Waals surface area contributed by atoms with Crippen molar-refractivity contribution in [2.45, 2.75) is 38.4 Å². The Morgan fingerprint density at radius 1 is 1.11 bits per heavy atom. The van der Waals surface area contributed by atoms with Gasteiger partial charge in [-0.25, -0.2) is 4.79 Å². The molecule has 1 aromatic heterocycles. The van der Waals surface area contributed by atoms with Crippen LogP contribution in [0.25, 0.3) is 0 Å². The zero-order chi connectivity index (χ0) is 18.5. The molecule has 1 aliphatic heterocycles. The van der Waals surface area contributed by atoms with E-state index < -0.39 is 11.2 Å². The minimum absolute atomic E-state index is 0. The summed E-state index contributed by atoms with van der Waals surface area (Å²) in [4.78, 5) is 39.2. The van der Waals surface area contributed by atoms with Gasteiger partial charge in [-0.3, -0.25) is 18.7 Å². The first-order valence-electron chi connectivity index (χ1n) is 8.94. The Bertz CT molecular complexity index is 879. The van der Waals surface area contributed by atoms with Crippen molar-refractivity contribution in [2.24, 2.45) is 5.73 Å². The summed E-state index contributed by atoms with van der Waals surface area (Å²) in [6, 6.07) is 10.8. The summed E-state index contributed by atoms with van der Waals surface area (Å²) in [7, 11) is 0. The van der Waals surface area contributed by atoms with Crippen LogP contribution in [0.5, 0.6) is 0 Å². The minimum atomic E-state index is -0.476. The van der Waals surface area contributed by atoms with Crippen molar-refractivity contribution in [3.63, 3.8) is 0 Å². The van der Waals surface area contributed by atoms with Crippen LogP contribution in [0.4, 0.5) is 0 Å². The molecule has 146 valence electrons. The van der Waals surface area contributed by atoms with Gasteiger partial charge in [0.1, 0.15) is 6.54 Å². The molecule has 2 heterocycles. The van der Waals surface area contributed by atoms with Gasteiger partial charge in [0.25, 0.3) is 5.56 Å². The Morgan fingerprint density at radius 2 is 1.85 bits per heavy atom. The number of carbonyl (C=O) groups is 1. The highest BCUT2D eigenvalue weighted by Crippen LogP contribution is 2.16. The number of likely N-dealkylation sites (tertiary alicyclic amines) is 1. The van der Waals surface area contributed by atoms with Crippen molar-refractivity contribution in [1.29, 1.82) is 0 Å². The van der Waals surface area contributed by atoms with E-state index in [1.54, 1.807) is 4.90 Å². The van der Waals surface area contributed by atoms with E-state index in [0.29, 0.717) is 19.6 Å². The predicted octanol–water partition coefficient (Wildman–Crippen LogP) is 0.820. The second kappa shape index (κ2) is 9.53. The molecule has 3 rings (SSSR count). The Labute approximate surface area is 163 Å². The average Bonchev–Trinajstić information content (AvgIpc) is 2.68. The summed E-state index contributed by atoms with van der Waals surface area (Å²) in [5, 5.41) is 0. The molecule has 2 aromatic rings. The number of nitrogens with zero attached hydrogens (tertiary/aromatic N) is 3. The van der Waals surface area contributed by atoms with Crippen LogP contribution < -0.4 is 17.0 Å². The van der Waals surface area contributed by atoms with E-state index in [-0.39, 0.29) is 30.9 Å². The fourth-order valence-electron chi connectivity index (χ4n) is 3.40. The van der Waals surface area contributed by atoms with E-state index in [2.05, 4.69) is 0 Å². The van der Waals surface area contributed by atoms with E-state index in [1.165, 1.54) is 16.8 Å². The van der Waals surface area contributed by atoms with Crippen molar-refractivity contribution >= 4 is 18.3 Å². The second-order valence-corrected chi connectivity index (χ2v) is 6.61. The van der Waals surface area contributed by atoms with Gasteiger partial charge in [-0.1, -0.05) is 30.3 Å². The smallest absolute Gasteiger partial charge is 0.331 e. The number of amides is 1. The zero-order valence-corrected chi connectivity index (χ0v) is 15.9. The quantitative estimate of drug-likeness (QED) is 0.815. The number of benzene rings is 1. The lowest BCUT2D eigenvalue weighted by Gasteiger charge is -2.35. The highest BCUT2D eigenvalue weighted by molar-refractivity contribution is 5.85. The largest absolute Gasteiger partial charge is 0.337 e. The monoisotopic (exact) mass is 392 g/mol. The predicted molar refractivity (Wildman–Crippen MR) is 106 cm³/mol. The third kappa shape index (κ3) is 4.87. The maximum atomic E-state index is 12.7. The molecular formula is C19H25ClN4O3. The number of aromatic nitrogens is 2. The molecule has 0 bridgehead atoms. The molecule has 1 atom stereocenters. The van der Waals surface area contributed by atoms with E-state index in [4.69, 9.17) is 5.73 Å². The highest BCUT2D eigenvalue weighted by Gasteiger charge is 2.26. The molecule has 1 amide bonds. The molecule has 1 aliphatic rings. The molecule has 1 saturated heterocycles. The highest BCUT2D eigenvalue weighted by atomic mass is 35.5. The number of nitrogens with two attached hydrogens (primary N) is 1. The van der Waals surface area contributed by atoms with Crippen molar-refractivity contribution < 1.29 is 4.79 Å². The van der Waals surface area contributed by atoms with Crippen LogP contribution in [-0.2, 0) is 17.9 Å². The van der Waals surface area contributed by atoms with Gasteiger partial charge in [0.05, 0.1) is 6.54 Å². The molecule has 1 unspecified atom stereocenters. The van der Waals surface area contributed by atoms with Gasteiger partial charge in [-0.15, -0.1) is 12.4 Å². The van der Waals surface area contributed by atoms with Gasteiger partial charge in [0.15, 0.2) is 0 Å². The van der Waals surface area contributed by atoms with Crippen LogP contribution >= 0.6 is 12.4 Å². The Kier molecular flexibility index (Phi) is 7.38. The molecule has 0 aliphatic carbocycles. The molecule has 27 heavy (non-hydrogen) atoms. The number of rotatable bonds is 5. The SMILES string of the molecule is Cl.NCC1CCCCN1C(=O)Cn1c(=O)ccn(Cc2ccccc2)c1=O. The van der Waals surface area contributed by atoms with Crippen LogP contribution in [0.1, 0.15) is 24.8 Å². The summed E-state index contributed by atoms with van der Waals surface area (Å²) in [6.45, 7) is 1.13. The van der Waals surface area contributed by atoms with Gasteiger partial charge in [-0.05, 0) is 24.8 Å². The second-order valence-electron chi connectivity index (χ2n) is 6.61. The molecule has 1 aromatic carbocycles. The van der Waals surface area contributed by atoms with Crippen molar-refractivity contribution in [2.75, 3.05) is 13.1 Å². The van der Waals surface area contributed by atoms with Gasteiger partial charge >= 0.3 is 5.69 Å². The molecule has 0 radical (unpaired) electrons. The minimum Gasteiger partial charge on any atom is -0.337 e. The molecular weight excluding hydrogens is 368 g/mol. The van der Waals surface area contributed by atoms with Gasteiger partial charge in [0.2, 0.25) is 5.91 Å². The Balaban J connectivity index is 0.00000261. The molecule has 7 nitrogen and oxygen atoms in total. The van der Waals surface area contributed by atoms with E-state index in [9.17, 15) is 14.4 Å². The number of hydrogen-bond acceptors (Lipinski definition) is 4. The standard InChI is InChI=1S/C19H24N4O3.ClH/c20-12-16-8-4-5-10-22(16)18(25)14-23-17(24)9-11-21(19(23)26)13-15-6-2-1-3-7-15;/h1-3,6-7,9,11,16H,4-5,8,10,12-14,20H2;1H. The fourth-order valence-corrected chi connectivity index (χ4v) is 3.40. The van der Waals surface area contributed by atoms with Crippen LogP contribution in [0.15, 0.2) is 52.2 Å². The molecule has 2 N–H and O–H groups in total. The third-order valence-electron chi connectivity index (χ3n) is 4.85. The van der Waals surface area contributed by atoms with E-state index >= 15 is 0 Å². The number of halogens is 1. The van der Waals surface area contributed by atoms with Crippen molar-refractivity contribution in [3.8, 4) is 0 Å². The first kappa shape index (κ1) is 20.9. The summed E-state index contributed by atoms with van der Waals surface area (Å²) in [5.41, 5.74) is 5.78. The summed E-state index contributed by atoms with van der Waals surface area (Å²) in [6.07, 6.45) is 4.30. The Morgan fingerprint density at radius 3 is 2.56 bits per heavy atom. The van der Waals surface area contributed by atoms with Gasteiger partial charge in [-0.2, -0.15) is 0 Å². The zero-order valence-electron chi connectivity index (χ0n) is 15.1. The lowest BCUT2D eigenvalue weighted by Crippen LogP contribution is -2.51. The summed E-state index contributed by atoms with van der Waals surface area (Å²) in [5.74, 6) is -0.225. The lowest BCUT2D eigenvalue weighted by atomic mass is 10.0. The maximum Gasteiger partial charge on any atom is 0.331 e. The third-order valence-corrected chi connectivity index (χ3v) is 4.85. The number of carbonyl (C=O) groups excluding carboxylic acids is 1. The van der Waals surface area contributed by atoms with E-state index in [1.807, 2.05) is 30.3 Å². The summed E-state index contributed by atoms with van der Waals surface area (Å²) >= 11 is 0. The average molecular weight is 393 g/mol. The van der Waals surface area contributed by atoms with Crippen LogP contribution in [0.3, 0.4) is 0 Å². The fraction of sp³-hybridized carbons (Fsp3) is 0.421. The summed E-state index contributed by atoms with van der Waals surface area (Å²) < 4.78 is 2.45. The first-order valence-corrected chi connectivity index (χ1v) is 8.94. The van der Waals surface area contributed by atoms with Crippen LogP contribution in [0.2, 0.25) is 0 Å². The van der Waals surface area contributed by atoms with Crippen LogP contribution in [0, 0.1) is 0 Å². The molecule has 0 spiro atoms. The van der Waals surface area contributed by atoms with Crippen molar-refractivity contribution in [3.05, 3.63) is 69.0 Å². The topological polar surface area (TPSA) is 90.3 Å².